The summed E-state index contributed by atoms with van der Waals surface area (Å²) in [6.07, 6.45) is 4.74. The van der Waals surface area contributed by atoms with Crippen molar-refractivity contribution in [3.05, 3.63) is 96.3 Å². The number of imidazole rings is 1. The molecule has 160 valence electrons. The van der Waals surface area contributed by atoms with Gasteiger partial charge in [-0.3, -0.25) is 4.79 Å². The molecule has 4 aromatic rings. The molecule has 1 aliphatic heterocycles. The molecular weight excluding hydrogens is 398 g/mol. The van der Waals surface area contributed by atoms with E-state index in [2.05, 4.69) is 34.9 Å². The monoisotopic (exact) mass is 423 g/mol. The minimum absolute atomic E-state index is 0.0436. The van der Waals surface area contributed by atoms with Crippen LogP contribution < -0.4 is 9.64 Å². The molecule has 2 heterocycles. The van der Waals surface area contributed by atoms with Gasteiger partial charge in [-0.25, -0.2) is 4.98 Å². The number of carbonyl (C=O) groups is 1. The van der Waals surface area contributed by atoms with Crippen molar-refractivity contribution in [2.24, 2.45) is 0 Å². The topological polar surface area (TPSA) is 47.4 Å². The normalized spacial score (nSPS) is 16.3. The molecule has 0 radical (unpaired) electrons. The molecule has 1 aromatic heterocycles. The highest BCUT2D eigenvalue weighted by Gasteiger charge is 2.34. The van der Waals surface area contributed by atoms with Crippen molar-refractivity contribution in [3.63, 3.8) is 0 Å². The highest BCUT2D eigenvalue weighted by atomic mass is 16.5. The van der Waals surface area contributed by atoms with Crippen LogP contribution in [0.1, 0.15) is 23.7 Å². The number of para-hydroxylation sites is 2. The molecule has 5 heteroatoms. The van der Waals surface area contributed by atoms with E-state index in [4.69, 9.17) is 9.72 Å². The highest BCUT2D eigenvalue weighted by molar-refractivity contribution is 5.96. The quantitative estimate of drug-likeness (QED) is 0.424. The number of hydrogen-bond acceptors (Lipinski definition) is 3. The minimum atomic E-state index is 0.0436. The number of amides is 1. The molecule has 5 nitrogen and oxygen atoms in total. The first-order valence-corrected chi connectivity index (χ1v) is 10.8. The Hall–Kier alpha value is -3.86. The zero-order valence-electron chi connectivity index (χ0n) is 18.0. The Kier molecular flexibility index (Phi) is 5.46. The number of aromatic nitrogens is 2. The molecular formula is C27H25N3O2. The molecule has 1 amide bonds. The van der Waals surface area contributed by atoms with Gasteiger partial charge < -0.3 is 14.2 Å². The van der Waals surface area contributed by atoms with Crippen LogP contribution in [0.2, 0.25) is 0 Å². The van der Waals surface area contributed by atoms with Crippen LogP contribution >= 0.6 is 0 Å². The molecule has 0 aliphatic carbocycles. The highest BCUT2D eigenvalue weighted by Crippen LogP contribution is 2.33. The van der Waals surface area contributed by atoms with Crippen LogP contribution in [0.5, 0.6) is 5.75 Å². The lowest BCUT2D eigenvalue weighted by Gasteiger charge is -2.17. The number of carbonyl (C=O) groups excluding carboxylic acids is 1. The fraction of sp³-hybridized carbons (Fsp3) is 0.185. The minimum Gasteiger partial charge on any atom is -0.497 e. The molecule has 0 saturated carbocycles. The van der Waals surface area contributed by atoms with Crippen molar-refractivity contribution < 1.29 is 9.53 Å². The Morgan fingerprint density at radius 1 is 1.00 bits per heavy atom. The Balaban J connectivity index is 1.44. The molecule has 32 heavy (non-hydrogen) atoms. The van der Waals surface area contributed by atoms with Crippen molar-refractivity contribution in [1.29, 1.82) is 0 Å². The van der Waals surface area contributed by atoms with Crippen molar-refractivity contribution in [1.82, 2.24) is 9.55 Å². The van der Waals surface area contributed by atoms with E-state index >= 15 is 0 Å². The van der Waals surface area contributed by atoms with E-state index in [-0.39, 0.29) is 11.8 Å². The summed E-state index contributed by atoms with van der Waals surface area (Å²) in [4.78, 5) is 19.7. The molecule has 0 bridgehead atoms. The standard InChI is InChI=1S/C27H25N3O2/c1-32-23-15-13-22(14-16-23)30-19-21(18-26(30)31)27-28-24-11-5-6-12-25(24)29(27)17-7-10-20-8-3-2-4-9-20/h2-16,21H,17-19H2,1H3/b10-7+/t21-/m0/s1. The summed E-state index contributed by atoms with van der Waals surface area (Å²) in [7, 11) is 1.64. The maximum Gasteiger partial charge on any atom is 0.227 e. The SMILES string of the molecule is COc1ccc(N2C[C@@H](c3nc4ccccc4n3C/C=C/c3ccccc3)CC2=O)cc1. The second kappa shape index (κ2) is 8.71. The number of fused-ring (bicyclic) bond motifs is 1. The first-order chi connectivity index (χ1) is 15.7. The largest absolute Gasteiger partial charge is 0.497 e. The molecule has 5 rings (SSSR count). The number of allylic oxidation sites excluding steroid dienone is 1. The van der Waals surface area contributed by atoms with Crippen LogP contribution in [0, 0.1) is 0 Å². The summed E-state index contributed by atoms with van der Waals surface area (Å²) >= 11 is 0. The Bertz CT molecular complexity index is 1260. The number of ether oxygens (including phenoxy) is 1. The second-order valence-corrected chi connectivity index (χ2v) is 7.99. The number of hydrogen-bond donors (Lipinski definition) is 0. The first kappa shape index (κ1) is 20.1. The van der Waals surface area contributed by atoms with Crippen LogP contribution in [0.25, 0.3) is 17.1 Å². The summed E-state index contributed by atoms with van der Waals surface area (Å²) in [6.45, 7) is 1.33. The van der Waals surface area contributed by atoms with Gasteiger partial charge in [0, 0.05) is 31.1 Å². The molecule has 1 atom stereocenters. The fourth-order valence-electron chi connectivity index (χ4n) is 4.35. The fourth-order valence-corrected chi connectivity index (χ4v) is 4.35. The molecule has 1 saturated heterocycles. The Labute approximate surface area is 187 Å². The predicted molar refractivity (Wildman–Crippen MR) is 128 cm³/mol. The summed E-state index contributed by atoms with van der Waals surface area (Å²) in [5.74, 6) is 1.91. The van der Waals surface area contributed by atoms with E-state index in [9.17, 15) is 4.79 Å². The number of anilines is 1. The van der Waals surface area contributed by atoms with Gasteiger partial charge in [0.05, 0.1) is 18.1 Å². The summed E-state index contributed by atoms with van der Waals surface area (Å²) in [5, 5.41) is 0. The third-order valence-corrected chi connectivity index (χ3v) is 5.96. The zero-order valence-corrected chi connectivity index (χ0v) is 18.0. The molecule has 1 fully saturated rings. The van der Waals surface area contributed by atoms with Crippen LogP contribution in [0.4, 0.5) is 5.69 Å². The van der Waals surface area contributed by atoms with Crippen molar-refractivity contribution in [2.75, 3.05) is 18.6 Å². The van der Waals surface area contributed by atoms with E-state index in [1.54, 1.807) is 7.11 Å². The average Bonchev–Trinajstić information content (AvgIpc) is 3.40. The van der Waals surface area contributed by atoms with E-state index in [1.165, 1.54) is 5.56 Å². The Morgan fingerprint density at radius 2 is 1.75 bits per heavy atom. The van der Waals surface area contributed by atoms with Crippen LogP contribution in [-0.4, -0.2) is 29.1 Å². The zero-order chi connectivity index (χ0) is 21.9. The second-order valence-electron chi connectivity index (χ2n) is 7.99. The average molecular weight is 424 g/mol. The van der Waals surface area contributed by atoms with Gasteiger partial charge in [-0.05, 0) is 42.0 Å². The van der Waals surface area contributed by atoms with Crippen LogP contribution in [0.3, 0.4) is 0 Å². The number of nitrogens with zero attached hydrogens (tertiary/aromatic N) is 3. The lowest BCUT2D eigenvalue weighted by molar-refractivity contribution is -0.117. The number of methoxy groups -OCH3 is 1. The molecule has 0 N–H and O–H groups in total. The molecule has 0 unspecified atom stereocenters. The van der Waals surface area contributed by atoms with Gasteiger partial charge in [-0.2, -0.15) is 0 Å². The molecule has 1 aliphatic rings. The van der Waals surface area contributed by atoms with E-state index in [0.717, 1.165) is 28.3 Å². The third-order valence-electron chi connectivity index (χ3n) is 5.96. The van der Waals surface area contributed by atoms with Gasteiger partial charge in [0.1, 0.15) is 11.6 Å². The van der Waals surface area contributed by atoms with Crippen molar-refractivity contribution in [2.45, 2.75) is 18.9 Å². The van der Waals surface area contributed by atoms with Crippen molar-refractivity contribution >= 4 is 28.7 Å². The lowest BCUT2D eigenvalue weighted by Crippen LogP contribution is -2.24. The van der Waals surface area contributed by atoms with Gasteiger partial charge in [0.2, 0.25) is 5.91 Å². The van der Waals surface area contributed by atoms with Gasteiger partial charge in [0.15, 0.2) is 0 Å². The smallest absolute Gasteiger partial charge is 0.227 e. The number of benzene rings is 3. The van der Waals surface area contributed by atoms with Crippen LogP contribution in [-0.2, 0) is 11.3 Å². The lowest BCUT2D eigenvalue weighted by atomic mass is 10.1. The third kappa shape index (κ3) is 3.89. The maximum atomic E-state index is 12.9. The maximum absolute atomic E-state index is 12.9. The molecule has 3 aromatic carbocycles. The van der Waals surface area contributed by atoms with Crippen LogP contribution in [0.15, 0.2) is 84.9 Å². The van der Waals surface area contributed by atoms with Gasteiger partial charge in [0.25, 0.3) is 0 Å². The summed E-state index contributed by atoms with van der Waals surface area (Å²) in [5.41, 5.74) is 4.12. The van der Waals surface area contributed by atoms with E-state index in [1.807, 2.05) is 65.6 Å². The van der Waals surface area contributed by atoms with E-state index < -0.39 is 0 Å². The van der Waals surface area contributed by atoms with Gasteiger partial charge in [-0.1, -0.05) is 54.6 Å². The predicted octanol–water partition coefficient (Wildman–Crippen LogP) is 5.28. The van der Waals surface area contributed by atoms with Gasteiger partial charge >= 0.3 is 0 Å². The first-order valence-electron chi connectivity index (χ1n) is 10.8. The van der Waals surface area contributed by atoms with Gasteiger partial charge in [-0.15, -0.1) is 0 Å². The summed E-state index contributed by atoms with van der Waals surface area (Å²) < 4.78 is 7.49. The molecule has 0 spiro atoms. The Morgan fingerprint density at radius 3 is 2.53 bits per heavy atom. The van der Waals surface area contributed by atoms with Crippen molar-refractivity contribution in [3.8, 4) is 5.75 Å². The summed E-state index contributed by atoms with van der Waals surface area (Å²) in [6, 6.07) is 26.1. The number of rotatable bonds is 6. The van der Waals surface area contributed by atoms with E-state index in [0.29, 0.717) is 19.5 Å².